The van der Waals surface area contributed by atoms with Crippen molar-refractivity contribution in [2.45, 2.75) is 88.4 Å². The van der Waals surface area contributed by atoms with E-state index < -0.39 is 6.04 Å². The molecule has 12 nitrogen and oxygen atoms in total. The number of fused-ring (bicyclic) bond motifs is 3. The second-order valence-electron chi connectivity index (χ2n) is 13.0. The zero-order valence-electron chi connectivity index (χ0n) is 25.8. The highest BCUT2D eigenvalue weighted by Gasteiger charge is 2.43. The first-order valence-corrected chi connectivity index (χ1v) is 16.5. The van der Waals surface area contributed by atoms with Gasteiger partial charge >= 0.3 is 0 Å². The highest BCUT2D eigenvalue weighted by molar-refractivity contribution is 5.88. The molecule has 0 spiro atoms. The third-order valence-corrected chi connectivity index (χ3v) is 10.1. The predicted molar refractivity (Wildman–Crippen MR) is 158 cm³/mol. The maximum atomic E-state index is 14.0. The molecule has 242 valence electrons. The number of nitrogens with zero attached hydrogens (tertiary/aromatic N) is 3. The van der Waals surface area contributed by atoms with Gasteiger partial charge in [0, 0.05) is 64.8 Å². The quantitative estimate of drug-likeness (QED) is 0.449. The molecule has 43 heavy (non-hydrogen) atoms. The maximum absolute atomic E-state index is 14.0. The van der Waals surface area contributed by atoms with E-state index in [0.717, 1.165) is 32.2 Å². The Labute approximate surface area is 255 Å². The Morgan fingerprint density at radius 2 is 1.77 bits per heavy atom. The molecule has 4 amide bonds. The first kappa shape index (κ1) is 32.1. The largest absolute Gasteiger partial charge is 0.383 e. The number of hydrogen-bond donors (Lipinski definition) is 2. The topological polar surface area (TPSA) is 130 Å². The molecule has 4 saturated heterocycles. The van der Waals surface area contributed by atoms with Gasteiger partial charge in [-0.1, -0.05) is 12.8 Å². The zero-order chi connectivity index (χ0) is 30.2. The highest BCUT2D eigenvalue weighted by atomic mass is 16.5. The monoisotopic (exact) mass is 605 g/mol. The molecular weight excluding hydrogens is 554 g/mol. The van der Waals surface area contributed by atoms with E-state index in [1.807, 2.05) is 4.90 Å². The number of carbonyl (C=O) groups is 4. The third kappa shape index (κ3) is 8.46. The third-order valence-electron chi connectivity index (χ3n) is 10.1. The number of methoxy groups -OCH3 is 1. The molecule has 5 atom stereocenters. The molecular formula is C31H51N5O7. The minimum absolute atomic E-state index is 0.0250. The Morgan fingerprint density at radius 1 is 0.953 bits per heavy atom. The van der Waals surface area contributed by atoms with Gasteiger partial charge in [-0.25, -0.2) is 0 Å². The first-order valence-electron chi connectivity index (χ1n) is 16.5. The molecule has 0 radical (unpaired) electrons. The van der Waals surface area contributed by atoms with Crippen LogP contribution >= 0.6 is 0 Å². The van der Waals surface area contributed by atoms with E-state index >= 15 is 0 Å². The number of piperidine rings is 1. The van der Waals surface area contributed by atoms with Gasteiger partial charge in [0.2, 0.25) is 23.6 Å². The number of rotatable bonds is 6. The molecule has 4 heterocycles. The van der Waals surface area contributed by atoms with Crippen molar-refractivity contribution in [1.82, 2.24) is 25.3 Å². The van der Waals surface area contributed by atoms with Crippen LogP contribution < -0.4 is 10.6 Å². The van der Waals surface area contributed by atoms with E-state index in [0.29, 0.717) is 71.3 Å². The van der Waals surface area contributed by atoms with Crippen molar-refractivity contribution in [1.29, 1.82) is 0 Å². The molecule has 2 bridgehead atoms. The van der Waals surface area contributed by atoms with Gasteiger partial charge in [-0.3, -0.25) is 19.2 Å². The fraction of sp³-hybridized carbons (Fsp3) is 0.871. The van der Waals surface area contributed by atoms with Crippen molar-refractivity contribution < 1.29 is 33.4 Å². The Bertz CT molecular complexity index is 976. The number of nitrogens with one attached hydrogen (secondary N) is 2. The SMILES string of the molecule is COC[C@H]1CCCN1C(=O)C[C@@H]1CCN2C[C@@H]1CC(=O)N1C[C@@H](NC3CCCC3)C[C@H]1C(=O)NCCOCCOCC2=O. The fourth-order valence-electron chi connectivity index (χ4n) is 7.76. The molecule has 0 aromatic rings. The van der Waals surface area contributed by atoms with Gasteiger partial charge < -0.3 is 39.5 Å². The number of ether oxygens (including phenoxy) is 3. The summed E-state index contributed by atoms with van der Waals surface area (Å²) in [4.78, 5) is 59.4. The Balaban J connectivity index is 1.31. The van der Waals surface area contributed by atoms with E-state index in [1.54, 1.807) is 16.9 Å². The number of likely N-dealkylation sites (tertiary alicyclic amines) is 1. The van der Waals surface area contributed by atoms with Crippen molar-refractivity contribution >= 4 is 23.6 Å². The van der Waals surface area contributed by atoms with Crippen LogP contribution in [0.15, 0.2) is 0 Å². The van der Waals surface area contributed by atoms with Gasteiger partial charge in [-0.2, -0.15) is 0 Å². The number of carbonyl (C=O) groups excluding carboxylic acids is 4. The van der Waals surface area contributed by atoms with E-state index in [9.17, 15) is 19.2 Å². The normalized spacial score (nSPS) is 32.2. The minimum atomic E-state index is -0.550. The van der Waals surface area contributed by atoms with Gasteiger partial charge in [-0.05, 0) is 50.4 Å². The second-order valence-corrected chi connectivity index (χ2v) is 13.0. The van der Waals surface area contributed by atoms with Crippen molar-refractivity contribution in [3.05, 3.63) is 0 Å². The van der Waals surface area contributed by atoms with Gasteiger partial charge in [0.15, 0.2) is 0 Å². The molecule has 1 aliphatic carbocycles. The fourth-order valence-corrected chi connectivity index (χ4v) is 7.76. The van der Waals surface area contributed by atoms with Gasteiger partial charge in [-0.15, -0.1) is 0 Å². The van der Waals surface area contributed by atoms with Gasteiger partial charge in [0.25, 0.3) is 0 Å². The van der Waals surface area contributed by atoms with Crippen LogP contribution in [0.25, 0.3) is 0 Å². The summed E-state index contributed by atoms with van der Waals surface area (Å²) in [6, 6.07) is 0.0460. The van der Waals surface area contributed by atoms with Crippen LogP contribution in [0.3, 0.4) is 0 Å². The zero-order valence-corrected chi connectivity index (χ0v) is 25.8. The van der Waals surface area contributed by atoms with Gasteiger partial charge in [0.1, 0.15) is 12.6 Å². The summed E-state index contributed by atoms with van der Waals surface area (Å²) in [5, 5.41) is 6.68. The van der Waals surface area contributed by atoms with Crippen LogP contribution in [-0.4, -0.2) is 135 Å². The van der Waals surface area contributed by atoms with Crippen LogP contribution in [0, 0.1) is 11.8 Å². The lowest BCUT2D eigenvalue weighted by atomic mass is 9.80. The second kappa shape index (κ2) is 15.6. The van der Waals surface area contributed by atoms with Crippen molar-refractivity contribution in [3.63, 3.8) is 0 Å². The maximum Gasteiger partial charge on any atom is 0.248 e. The summed E-state index contributed by atoms with van der Waals surface area (Å²) in [5.41, 5.74) is 0. The van der Waals surface area contributed by atoms with Crippen LogP contribution in [0.5, 0.6) is 0 Å². The molecule has 5 aliphatic rings. The highest BCUT2D eigenvalue weighted by Crippen LogP contribution is 2.33. The summed E-state index contributed by atoms with van der Waals surface area (Å²) in [7, 11) is 1.66. The van der Waals surface area contributed by atoms with Crippen LogP contribution in [0.1, 0.15) is 64.2 Å². The Hall–Kier alpha value is -2.28. The average Bonchev–Trinajstić information content (AvgIpc) is 3.77. The van der Waals surface area contributed by atoms with E-state index in [4.69, 9.17) is 14.2 Å². The summed E-state index contributed by atoms with van der Waals surface area (Å²) in [6.07, 6.45) is 8.37. The van der Waals surface area contributed by atoms with E-state index in [-0.39, 0.29) is 67.2 Å². The smallest absolute Gasteiger partial charge is 0.248 e. The summed E-state index contributed by atoms with van der Waals surface area (Å²) in [5.74, 6) is -0.447. The molecule has 0 aromatic carbocycles. The lowest BCUT2D eigenvalue weighted by molar-refractivity contribution is -0.144. The first-order chi connectivity index (χ1) is 20.9. The molecule has 0 unspecified atom stereocenters. The summed E-state index contributed by atoms with van der Waals surface area (Å²) < 4.78 is 16.5. The molecule has 5 rings (SSSR count). The summed E-state index contributed by atoms with van der Waals surface area (Å²) in [6.45, 7) is 3.94. The van der Waals surface area contributed by atoms with E-state index in [1.165, 1.54) is 12.8 Å². The standard InChI is InChI=1S/C31H51N5O7/c1-41-20-26-7-4-10-35(26)28(37)15-22-8-11-34-18-23(22)16-29(38)36-19-25(33-24-5-2-3-6-24)17-27(36)31(40)32-9-12-42-13-14-43-21-30(34)39/h22-27,33H,2-21H2,1H3,(H,32,40)/t22-,23-,25-,26+,27-/m0/s1. The average molecular weight is 606 g/mol. The van der Waals surface area contributed by atoms with E-state index in [2.05, 4.69) is 10.6 Å². The van der Waals surface area contributed by atoms with Gasteiger partial charge in [0.05, 0.1) is 32.5 Å². The lowest BCUT2D eigenvalue weighted by Gasteiger charge is -2.40. The molecule has 4 aliphatic heterocycles. The molecule has 2 N–H and O–H groups in total. The number of hydrogen-bond acceptors (Lipinski definition) is 8. The van der Waals surface area contributed by atoms with Crippen molar-refractivity contribution in [2.24, 2.45) is 11.8 Å². The van der Waals surface area contributed by atoms with Crippen molar-refractivity contribution in [2.75, 3.05) is 72.9 Å². The minimum Gasteiger partial charge on any atom is -0.383 e. The lowest BCUT2D eigenvalue weighted by Crippen LogP contribution is -2.50. The predicted octanol–water partition coefficient (Wildman–Crippen LogP) is 0.533. The summed E-state index contributed by atoms with van der Waals surface area (Å²) >= 11 is 0. The Kier molecular flexibility index (Phi) is 11.7. The Morgan fingerprint density at radius 3 is 2.58 bits per heavy atom. The molecule has 12 heteroatoms. The van der Waals surface area contributed by atoms with Crippen molar-refractivity contribution in [3.8, 4) is 0 Å². The van der Waals surface area contributed by atoms with Crippen LogP contribution in [-0.2, 0) is 33.4 Å². The molecule has 1 saturated carbocycles. The van der Waals surface area contributed by atoms with Crippen LogP contribution in [0.4, 0.5) is 0 Å². The number of amides is 4. The molecule has 5 fully saturated rings. The molecule has 0 aromatic heterocycles. The van der Waals surface area contributed by atoms with Crippen LogP contribution in [0.2, 0.25) is 0 Å².